The van der Waals surface area contributed by atoms with Crippen LogP contribution in [0.1, 0.15) is 32.1 Å². The Bertz CT molecular complexity index is 1030. The Balaban J connectivity index is 1.90. The highest BCUT2D eigenvalue weighted by Gasteiger charge is 2.62. The number of carbonyl (C=O) groups is 1. The Labute approximate surface area is 185 Å². The minimum Gasteiger partial charge on any atom is -0.374 e. The standard InChI is InChI=1S/C18H12Cl2F6N2O2S/c1-8-2-13(31-14(8)15(29)27-7-17(21,22)23)12-6-16(30-28-12,18(24,25)26)9-3-10(19)5-11(20)4-9/h2-5H,6-7H2,1H3,(H,27,29). The van der Waals surface area contributed by atoms with Gasteiger partial charge in [-0.25, -0.2) is 0 Å². The van der Waals surface area contributed by atoms with E-state index in [0.29, 0.717) is 0 Å². The van der Waals surface area contributed by atoms with Gasteiger partial charge in [0.25, 0.3) is 11.5 Å². The van der Waals surface area contributed by atoms with Gasteiger partial charge < -0.3 is 10.2 Å². The molecule has 0 radical (unpaired) electrons. The number of rotatable bonds is 4. The molecule has 1 amide bonds. The molecule has 0 fully saturated rings. The number of alkyl halides is 6. The van der Waals surface area contributed by atoms with Crippen molar-refractivity contribution >= 4 is 46.2 Å². The van der Waals surface area contributed by atoms with Crippen LogP contribution in [0.3, 0.4) is 0 Å². The van der Waals surface area contributed by atoms with Crippen LogP contribution in [-0.2, 0) is 10.4 Å². The lowest BCUT2D eigenvalue weighted by molar-refractivity contribution is -0.275. The van der Waals surface area contributed by atoms with Gasteiger partial charge in [-0.3, -0.25) is 4.79 Å². The Morgan fingerprint density at radius 2 is 1.77 bits per heavy atom. The Morgan fingerprint density at radius 3 is 2.32 bits per heavy atom. The van der Waals surface area contributed by atoms with Crippen molar-refractivity contribution in [2.45, 2.75) is 31.3 Å². The first-order valence-corrected chi connectivity index (χ1v) is 10.0. The normalized spacial score (nSPS) is 19.2. The Morgan fingerprint density at radius 1 is 1.16 bits per heavy atom. The summed E-state index contributed by atoms with van der Waals surface area (Å²) in [5, 5.41) is 5.24. The third-order valence-electron chi connectivity index (χ3n) is 4.37. The predicted molar refractivity (Wildman–Crippen MR) is 104 cm³/mol. The molecule has 2 aromatic rings. The molecule has 0 saturated carbocycles. The number of nitrogens with one attached hydrogen (secondary N) is 1. The van der Waals surface area contributed by atoms with Gasteiger partial charge in [0.15, 0.2) is 0 Å². The molecule has 0 bridgehead atoms. The van der Waals surface area contributed by atoms with E-state index in [1.165, 1.54) is 19.1 Å². The van der Waals surface area contributed by atoms with E-state index in [1.807, 2.05) is 0 Å². The summed E-state index contributed by atoms with van der Waals surface area (Å²) < 4.78 is 79.1. The number of hydrogen-bond donors (Lipinski definition) is 1. The van der Waals surface area contributed by atoms with E-state index in [4.69, 9.17) is 28.0 Å². The number of halogens is 8. The van der Waals surface area contributed by atoms with E-state index < -0.39 is 36.8 Å². The number of aryl methyl sites for hydroxylation is 1. The molecule has 31 heavy (non-hydrogen) atoms. The molecule has 13 heteroatoms. The minimum atomic E-state index is -4.90. The van der Waals surface area contributed by atoms with Crippen LogP contribution in [0.5, 0.6) is 0 Å². The van der Waals surface area contributed by atoms with Gasteiger partial charge in [-0.2, -0.15) is 26.3 Å². The molecule has 2 heterocycles. The maximum absolute atomic E-state index is 14.0. The van der Waals surface area contributed by atoms with Crippen LogP contribution in [0.25, 0.3) is 0 Å². The van der Waals surface area contributed by atoms with Gasteiger partial charge >= 0.3 is 12.4 Å². The van der Waals surface area contributed by atoms with E-state index in [2.05, 4.69) is 5.16 Å². The van der Waals surface area contributed by atoms with Gasteiger partial charge in [-0.1, -0.05) is 28.4 Å². The molecule has 1 aliphatic heterocycles. The van der Waals surface area contributed by atoms with E-state index in [1.54, 1.807) is 5.32 Å². The number of nitrogens with zero attached hydrogens (tertiary/aromatic N) is 1. The van der Waals surface area contributed by atoms with Crippen LogP contribution in [0.15, 0.2) is 29.4 Å². The lowest BCUT2D eigenvalue weighted by atomic mass is 9.88. The summed E-state index contributed by atoms with van der Waals surface area (Å²) in [6.45, 7) is -0.0815. The second-order valence-corrected chi connectivity index (χ2v) is 8.63. The number of oxime groups is 1. The van der Waals surface area contributed by atoms with E-state index in [-0.39, 0.29) is 36.6 Å². The summed E-state index contributed by atoms with van der Waals surface area (Å²) in [5.74, 6) is -0.991. The lowest BCUT2D eigenvalue weighted by Crippen LogP contribution is -2.42. The van der Waals surface area contributed by atoms with E-state index in [9.17, 15) is 31.1 Å². The van der Waals surface area contributed by atoms with Gasteiger partial charge in [0.05, 0.1) is 16.2 Å². The summed E-state index contributed by atoms with van der Waals surface area (Å²) in [5.41, 5.74) is -3.03. The second-order valence-electron chi connectivity index (χ2n) is 6.71. The zero-order chi connectivity index (χ0) is 23.2. The third kappa shape index (κ3) is 4.93. The van der Waals surface area contributed by atoms with Crippen molar-refractivity contribution in [2.75, 3.05) is 6.54 Å². The fourth-order valence-corrected chi connectivity index (χ4v) is 4.53. The predicted octanol–water partition coefficient (Wildman–Crippen LogP) is 6.24. The molecule has 4 nitrogen and oxygen atoms in total. The topological polar surface area (TPSA) is 50.7 Å². The first-order valence-electron chi connectivity index (χ1n) is 8.46. The van der Waals surface area contributed by atoms with Gasteiger partial charge in [0.1, 0.15) is 12.3 Å². The van der Waals surface area contributed by atoms with Gasteiger partial charge in [-0.05, 0) is 36.8 Å². The lowest BCUT2D eigenvalue weighted by Gasteiger charge is -2.29. The maximum atomic E-state index is 14.0. The van der Waals surface area contributed by atoms with Crippen molar-refractivity contribution < 1.29 is 36.0 Å². The van der Waals surface area contributed by atoms with Crippen LogP contribution < -0.4 is 5.32 Å². The summed E-state index contributed by atoms with van der Waals surface area (Å²) in [6.07, 6.45) is -10.2. The number of carbonyl (C=O) groups excluding carboxylic acids is 1. The summed E-state index contributed by atoms with van der Waals surface area (Å²) >= 11 is 12.4. The van der Waals surface area contributed by atoms with Crippen LogP contribution in [-0.4, -0.2) is 30.5 Å². The Kier molecular flexibility index (Phi) is 6.25. The van der Waals surface area contributed by atoms with Gasteiger partial charge in [-0.15, -0.1) is 11.3 Å². The molecule has 0 aliphatic carbocycles. The van der Waals surface area contributed by atoms with Gasteiger partial charge in [0, 0.05) is 15.6 Å². The molecule has 1 atom stereocenters. The zero-order valence-electron chi connectivity index (χ0n) is 15.4. The smallest absolute Gasteiger partial charge is 0.374 e. The zero-order valence-corrected chi connectivity index (χ0v) is 17.7. The largest absolute Gasteiger partial charge is 0.435 e. The van der Waals surface area contributed by atoms with Crippen LogP contribution in [0, 0.1) is 6.92 Å². The summed E-state index contributed by atoms with van der Waals surface area (Å²) in [7, 11) is 0. The summed E-state index contributed by atoms with van der Waals surface area (Å²) in [6, 6.07) is 4.76. The monoisotopic (exact) mass is 504 g/mol. The van der Waals surface area contributed by atoms with Crippen molar-refractivity contribution in [1.29, 1.82) is 0 Å². The highest BCUT2D eigenvalue weighted by molar-refractivity contribution is 7.16. The molecular weight excluding hydrogens is 493 g/mol. The van der Waals surface area contributed by atoms with Crippen LogP contribution >= 0.6 is 34.5 Å². The molecule has 1 unspecified atom stereocenters. The molecule has 168 valence electrons. The Hall–Kier alpha value is -1.98. The van der Waals surface area contributed by atoms with E-state index in [0.717, 1.165) is 23.5 Å². The van der Waals surface area contributed by atoms with E-state index >= 15 is 0 Å². The van der Waals surface area contributed by atoms with Crippen molar-refractivity contribution in [3.05, 3.63) is 55.2 Å². The number of benzene rings is 1. The molecule has 1 N–H and O–H groups in total. The number of hydrogen-bond acceptors (Lipinski definition) is 4. The molecule has 0 saturated heterocycles. The second kappa shape index (κ2) is 8.18. The molecular formula is C18H12Cl2F6N2O2S. The van der Waals surface area contributed by atoms with Crippen molar-refractivity contribution in [3.63, 3.8) is 0 Å². The molecule has 3 rings (SSSR count). The first-order chi connectivity index (χ1) is 14.2. The maximum Gasteiger partial charge on any atom is 0.435 e. The SMILES string of the molecule is Cc1cc(C2=NOC(c3cc(Cl)cc(Cl)c3)(C(F)(F)F)C2)sc1C(=O)NCC(F)(F)F. The molecule has 1 aliphatic rings. The molecule has 1 aromatic heterocycles. The average Bonchev–Trinajstić information content (AvgIpc) is 3.22. The number of amides is 1. The third-order valence-corrected chi connectivity index (χ3v) is 6.09. The summed E-state index contributed by atoms with van der Waals surface area (Å²) in [4.78, 5) is 17.0. The van der Waals surface area contributed by atoms with Gasteiger partial charge in [0.2, 0.25) is 0 Å². The fourth-order valence-electron chi connectivity index (χ4n) is 2.93. The van der Waals surface area contributed by atoms with Crippen molar-refractivity contribution in [1.82, 2.24) is 5.32 Å². The number of thiophene rings is 1. The minimum absolute atomic E-state index is 0.0289. The van der Waals surface area contributed by atoms with Crippen molar-refractivity contribution in [3.8, 4) is 0 Å². The molecule has 1 aromatic carbocycles. The quantitative estimate of drug-likeness (QED) is 0.501. The fraction of sp³-hybridized carbons (Fsp3) is 0.333. The van der Waals surface area contributed by atoms with Crippen molar-refractivity contribution in [2.24, 2.45) is 5.16 Å². The highest BCUT2D eigenvalue weighted by Crippen LogP contribution is 2.50. The van der Waals surface area contributed by atoms with Crippen LogP contribution in [0.2, 0.25) is 10.0 Å². The van der Waals surface area contributed by atoms with Crippen LogP contribution in [0.4, 0.5) is 26.3 Å². The molecule has 0 spiro atoms. The highest BCUT2D eigenvalue weighted by atomic mass is 35.5. The first kappa shape index (κ1) is 23.7. The average molecular weight is 505 g/mol.